The van der Waals surface area contributed by atoms with Crippen molar-refractivity contribution in [2.24, 2.45) is 13.0 Å². The summed E-state index contributed by atoms with van der Waals surface area (Å²) in [6.45, 7) is 5.67. The van der Waals surface area contributed by atoms with Crippen molar-refractivity contribution in [3.8, 4) is 0 Å². The fourth-order valence-electron chi connectivity index (χ4n) is 2.06. The molecule has 1 aromatic heterocycles. The van der Waals surface area contributed by atoms with E-state index in [1.54, 1.807) is 0 Å². The van der Waals surface area contributed by atoms with Gasteiger partial charge in [0.25, 0.3) is 0 Å². The summed E-state index contributed by atoms with van der Waals surface area (Å²) in [5.41, 5.74) is 1.78. The van der Waals surface area contributed by atoms with Crippen LogP contribution in [0.25, 0.3) is 11.0 Å². The number of esters is 1. The fourth-order valence-corrected chi connectivity index (χ4v) is 2.23. The third-order valence-electron chi connectivity index (χ3n) is 3.55. The van der Waals surface area contributed by atoms with E-state index in [4.69, 9.17) is 16.3 Å². The first kappa shape index (κ1) is 14.9. The van der Waals surface area contributed by atoms with Gasteiger partial charge in [-0.1, -0.05) is 25.4 Å². The average molecular weight is 295 g/mol. The first-order valence-electron chi connectivity index (χ1n) is 6.76. The molecule has 2 rings (SSSR count). The van der Waals surface area contributed by atoms with Gasteiger partial charge < -0.3 is 9.30 Å². The number of benzene rings is 1. The van der Waals surface area contributed by atoms with E-state index < -0.39 is 0 Å². The second kappa shape index (κ2) is 5.83. The number of rotatable bonds is 4. The molecule has 0 spiro atoms. The highest BCUT2D eigenvalue weighted by molar-refractivity contribution is 6.31. The summed E-state index contributed by atoms with van der Waals surface area (Å²) in [6.07, 6.45) is 0.386. The van der Waals surface area contributed by atoms with Gasteiger partial charge in [0.2, 0.25) is 0 Å². The molecule has 0 aliphatic carbocycles. The molecule has 2 atom stereocenters. The van der Waals surface area contributed by atoms with Gasteiger partial charge in [0.05, 0.1) is 17.0 Å². The smallest absolute Gasteiger partial charge is 0.309 e. The second-order valence-corrected chi connectivity index (χ2v) is 5.49. The van der Waals surface area contributed by atoms with Crippen LogP contribution in [-0.4, -0.2) is 15.5 Å². The van der Waals surface area contributed by atoms with Crippen LogP contribution in [0.4, 0.5) is 0 Å². The topological polar surface area (TPSA) is 44.1 Å². The minimum Gasteiger partial charge on any atom is -0.454 e. The summed E-state index contributed by atoms with van der Waals surface area (Å²) in [5, 5.41) is 0.645. The Kier molecular flexibility index (Phi) is 4.33. The Morgan fingerprint density at radius 1 is 1.45 bits per heavy atom. The molecule has 0 bridgehead atoms. The van der Waals surface area contributed by atoms with Crippen LogP contribution in [0.1, 0.15) is 39.1 Å². The molecule has 1 aromatic carbocycles. The molecule has 0 aliphatic rings. The van der Waals surface area contributed by atoms with Crippen molar-refractivity contribution in [2.75, 3.05) is 0 Å². The molecule has 0 fully saturated rings. The molecule has 20 heavy (non-hydrogen) atoms. The van der Waals surface area contributed by atoms with E-state index in [1.165, 1.54) is 0 Å². The normalized spacial score (nSPS) is 14.2. The van der Waals surface area contributed by atoms with E-state index in [9.17, 15) is 4.79 Å². The number of halogens is 1. The number of nitrogens with zero attached hydrogens (tertiary/aromatic N) is 2. The summed E-state index contributed by atoms with van der Waals surface area (Å²) in [7, 11) is 1.91. The van der Waals surface area contributed by atoms with Crippen LogP contribution < -0.4 is 0 Å². The second-order valence-electron chi connectivity index (χ2n) is 5.05. The van der Waals surface area contributed by atoms with Gasteiger partial charge in [-0.2, -0.15) is 0 Å². The number of aromatic nitrogens is 2. The predicted octanol–water partition coefficient (Wildman–Crippen LogP) is 3.88. The summed E-state index contributed by atoms with van der Waals surface area (Å²) < 4.78 is 7.41. The van der Waals surface area contributed by atoms with E-state index in [0.29, 0.717) is 5.02 Å². The molecule has 0 saturated heterocycles. The lowest BCUT2D eigenvalue weighted by molar-refractivity contribution is -0.153. The largest absolute Gasteiger partial charge is 0.454 e. The molecule has 0 radical (unpaired) electrons. The van der Waals surface area contributed by atoms with E-state index in [2.05, 4.69) is 4.98 Å². The highest BCUT2D eigenvalue weighted by atomic mass is 35.5. The molecule has 2 aromatic rings. The fraction of sp³-hybridized carbons (Fsp3) is 0.467. The number of aryl methyl sites for hydroxylation is 1. The van der Waals surface area contributed by atoms with Crippen LogP contribution >= 0.6 is 11.6 Å². The summed E-state index contributed by atoms with van der Waals surface area (Å²) in [4.78, 5) is 16.4. The highest BCUT2D eigenvalue weighted by Gasteiger charge is 2.21. The zero-order valence-corrected chi connectivity index (χ0v) is 12.9. The lowest BCUT2D eigenvalue weighted by Gasteiger charge is -2.15. The molecule has 1 heterocycles. The van der Waals surface area contributed by atoms with Gasteiger partial charge in [-0.05, 0) is 31.5 Å². The molecule has 0 N–H and O–H groups in total. The molecule has 0 amide bonds. The van der Waals surface area contributed by atoms with Crippen molar-refractivity contribution in [3.05, 3.63) is 29.0 Å². The highest BCUT2D eigenvalue weighted by Crippen LogP contribution is 2.25. The molecular weight excluding hydrogens is 276 g/mol. The maximum atomic E-state index is 11.9. The monoisotopic (exact) mass is 294 g/mol. The number of hydrogen-bond donors (Lipinski definition) is 0. The van der Waals surface area contributed by atoms with E-state index in [-0.39, 0.29) is 18.0 Å². The third-order valence-corrected chi connectivity index (χ3v) is 3.78. The zero-order chi connectivity index (χ0) is 14.9. The van der Waals surface area contributed by atoms with Crippen molar-refractivity contribution in [1.82, 2.24) is 9.55 Å². The number of imidazole rings is 1. The third kappa shape index (κ3) is 2.80. The maximum Gasteiger partial charge on any atom is 0.309 e. The van der Waals surface area contributed by atoms with Gasteiger partial charge in [-0.15, -0.1) is 0 Å². The van der Waals surface area contributed by atoms with E-state index >= 15 is 0 Å². The summed E-state index contributed by atoms with van der Waals surface area (Å²) in [5.74, 6) is 0.436. The number of hydrogen-bond acceptors (Lipinski definition) is 3. The van der Waals surface area contributed by atoms with Crippen LogP contribution in [0.15, 0.2) is 18.2 Å². The molecule has 4 nitrogen and oxygen atoms in total. The molecule has 0 aliphatic heterocycles. The Bertz CT molecular complexity index is 636. The van der Waals surface area contributed by atoms with Gasteiger partial charge in [0, 0.05) is 12.1 Å². The van der Waals surface area contributed by atoms with Crippen molar-refractivity contribution in [2.45, 2.75) is 33.3 Å². The number of fused-ring (bicyclic) bond motifs is 1. The lowest BCUT2D eigenvalue weighted by atomic mass is 10.1. The van der Waals surface area contributed by atoms with Crippen LogP contribution in [0.3, 0.4) is 0 Å². The number of carbonyl (C=O) groups is 1. The maximum absolute atomic E-state index is 11.9. The predicted molar refractivity (Wildman–Crippen MR) is 79.7 cm³/mol. The first-order valence-corrected chi connectivity index (χ1v) is 7.14. The quantitative estimate of drug-likeness (QED) is 0.804. The Balaban J connectivity index is 2.28. The minimum atomic E-state index is -0.382. The Morgan fingerprint density at radius 3 is 2.80 bits per heavy atom. The van der Waals surface area contributed by atoms with Crippen molar-refractivity contribution in [1.29, 1.82) is 0 Å². The lowest BCUT2D eigenvalue weighted by Crippen LogP contribution is -2.18. The van der Waals surface area contributed by atoms with E-state index in [0.717, 1.165) is 23.3 Å². The summed E-state index contributed by atoms with van der Waals surface area (Å²) >= 11 is 5.97. The van der Waals surface area contributed by atoms with Crippen LogP contribution in [0, 0.1) is 5.92 Å². The van der Waals surface area contributed by atoms with Crippen LogP contribution in [0.5, 0.6) is 0 Å². The standard InChI is InChI=1S/C15H19ClN2O2/c1-5-9(2)15(19)20-10(3)14-17-12-8-11(16)6-7-13(12)18(14)4/h6-10H,5H2,1-4H3. The summed E-state index contributed by atoms with van der Waals surface area (Å²) in [6, 6.07) is 5.55. The average Bonchev–Trinajstić information content (AvgIpc) is 2.74. The van der Waals surface area contributed by atoms with Gasteiger partial charge in [0.1, 0.15) is 0 Å². The number of ether oxygens (including phenoxy) is 1. The molecule has 0 saturated carbocycles. The minimum absolute atomic E-state index is 0.0958. The Morgan fingerprint density at radius 2 is 2.15 bits per heavy atom. The van der Waals surface area contributed by atoms with Crippen LogP contribution in [-0.2, 0) is 16.6 Å². The molecule has 5 heteroatoms. The SMILES string of the molecule is CCC(C)C(=O)OC(C)c1nc2cc(Cl)ccc2n1C. The zero-order valence-electron chi connectivity index (χ0n) is 12.2. The first-order chi connectivity index (χ1) is 9.43. The Labute approximate surface area is 123 Å². The Hall–Kier alpha value is -1.55. The molecule has 108 valence electrons. The number of carbonyl (C=O) groups excluding carboxylic acids is 1. The van der Waals surface area contributed by atoms with E-state index in [1.807, 2.05) is 50.6 Å². The molecule has 2 unspecified atom stereocenters. The van der Waals surface area contributed by atoms with Crippen LogP contribution in [0.2, 0.25) is 5.02 Å². The van der Waals surface area contributed by atoms with Gasteiger partial charge >= 0.3 is 5.97 Å². The van der Waals surface area contributed by atoms with Gasteiger partial charge in [-0.25, -0.2) is 4.98 Å². The van der Waals surface area contributed by atoms with Crippen molar-refractivity contribution >= 4 is 28.6 Å². The van der Waals surface area contributed by atoms with Gasteiger partial charge in [-0.3, -0.25) is 4.79 Å². The van der Waals surface area contributed by atoms with Crippen molar-refractivity contribution < 1.29 is 9.53 Å². The molecular formula is C15H19ClN2O2. The van der Waals surface area contributed by atoms with Crippen molar-refractivity contribution in [3.63, 3.8) is 0 Å². The van der Waals surface area contributed by atoms with Gasteiger partial charge in [0.15, 0.2) is 11.9 Å².